The van der Waals surface area contributed by atoms with Gasteiger partial charge in [-0.25, -0.2) is 4.79 Å². The van der Waals surface area contributed by atoms with Crippen LogP contribution in [0.25, 0.3) is 0 Å². The van der Waals surface area contributed by atoms with E-state index >= 15 is 0 Å². The zero-order chi connectivity index (χ0) is 13.8. The standard InChI is InChI=1S/C16H22N2O2/c19-16(20-12-13-4-2-1-3-5-13)18-8-6-14-10-17-11-15(14)7-9-18/h1-5,14-15,17H,6-12H2/t14-,15-/m1/s1. The molecule has 3 rings (SSSR count). The smallest absolute Gasteiger partial charge is 0.410 e. The van der Waals surface area contributed by atoms with Crippen molar-refractivity contribution in [2.45, 2.75) is 19.4 Å². The Hall–Kier alpha value is -1.55. The van der Waals surface area contributed by atoms with Gasteiger partial charge >= 0.3 is 6.09 Å². The number of benzene rings is 1. The van der Waals surface area contributed by atoms with Crippen molar-refractivity contribution in [3.63, 3.8) is 0 Å². The van der Waals surface area contributed by atoms with Crippen molar-refractivity contribution < 1.29 is 9.53 Å². The number of ether oxygens (including phenoxy) is 1. The first-order valence-electron chi connectivity index (χ1n) is 7.49. The molecule has 2 heterocycles. The Morgan fingerprint density at radius 3 is 2.45 bits per heavy atom. The number of rotatable bonds is 2. The first-order valence-corrected chi connectivity index (χ1v) is 7.49. The molecule has 1 N–H and O–H groups in total. The molecule has 2 aliphatic heterocycles. The fraction of sp³-hybridized carbons (Fsp3) is 0.562. The molecule has 0 aliphatic carbocycles. The predicted molar refractivity (Wildman–Crippen MR) is 77.3 cm³/mol. The van der Waals surface area contributed by atoms with E-state index in [1.807, 2.05) is 35.2 Å². The third-order valence-corrected chi connectivity index (χ3v) is 4.48. The van der Waals surface area contributed by atoms with Gasteiger partial charge in [-0.15, -0.1) is 0 Å². The SMILES string of the molecule is O=C(OCc1ccccc1)N1CC[C@@H]2CNC[C@H]2CC1. The van der Waals surface area contributed by atoms with Crippen LogP contribution in [-0.4, -0.2) is 37.2 Å². The highest BCUT2D eigenvalue weighted by atomic mass is 16.6. The van der Waals surface area contributed by atoms with Gasteiger partial charge in [0.1, 0.15) is 6.61 Å². The summed E-state index contributed by atoms with van der Waals surface area (Å²) in [5, 5.41) is 3.45. The summed E-state index contributed by atoms with van der Waals surface area (Å²) in [5.74, 6) is 1.48. The summed E-state index contributed by atoms with van der Waals surface area (Å²) in [7, 11) is 0. The monoisotopic (exact) mass is 274 g/mol. The molecule has 20 heavy (non-hydrogen) atoms. The first kappa shape index (κ1) is 13.4. The van der Waals surface area contributed by atoms with Crippen molar-refractivity contribution in [1.29, 1.82) is 0 Å². The molecule has 0 saturated carbocycles. The summed E-state index contributed by atoms with van der Waals surface area (Å²) in [5.41, 5.74) is 1.04. The van der Waals surface area contributed by atoms with E-state index in [9.17, 15) is 4.79 Å². The van der Waals surface area contributed by atoms with E-state index in [1.54, 1.807) is 0 Å². The molecular weight excluding hydrogens is 252 g/mol. The number of carbonyl (C=O) groups is 1. The largest absolute Gasteiger partial charge is 0.445 e. The maximum atomic E-state index is 12.1. The average Bonchev–Trinajstić information content (AvgIpc) is 2.84. The van der Waals surface area contributed by atoms with Gasteiger partial charge in [0.2, 0.25) is 0 Å². The summed E-state index contributed by atoms with van der Waals surface area (Å²) in [6.45, 7) is 4.24. The molecule has 108 valence electrons. The molecular formula is C16H22N2O2. The van der Waals surface area contributed by atoms with Crippen LogP contribution in [0.15, 0.2) is 30.3 Å². The predicted octanol–water partition coefficient (Wildman–Crippen LogP) is 2.25. The van der Waals surface area contributed by atoms with E-state index in [2.05, 4.69) is 5.32 Å². The Labute approximate surface area is 120 Å². The van der Waals surface area contributed by atoms with Crippen molar-refractivity contribution in [1.82, 2.24) is 10.2 Å². The van der Waals surface area contributed by atoms with E-state index in [-0.39, 0.29) is 6.09 Å². The van der Waals surface area contributed by atoms with Gasteiger partial charge in [-0.2, -0.15) is 0 Å². The minimum atomic E-state index is -0.165. The number of hydrogen-bond donors (Lipinski definition) is 1. The quantitative estimate of drug-likeness (QED) is 0.899. The van der Waals surface area contributed by atoms with Crippen molar-refractivity contribution in [3.8, 4) is 0 Å². The molecule has 0 bridgehead atoms. The Bertz CT molecular complexity index is 435. The molecule has 1 aromatic rings. The molecule has 4 nitrogen and oxygen atoms in total. The van der Waals surface area contributed by atoms with Crippen molar-refractivity contribution in [3.05, 3.63) is 35.9 Å². The molecule has 2 fully saturated rings. The number of nitrogens with zero attached hydrogens (tertiary/aromatic N) is 1. The van der Waals surface area contributed by atoms with Gasteiger partial charge in [-0.3, -0.25) is 0 Å². The lowest BCUT2D eigenvalue weighted by molar-refractivity contribution is 0.0967. The van der Waals surface area contributed by atoms with Crippen LogP contribution in [0.4, 0.5) is 4.79 Å². The fourth-order valence-electron chi connectivity index (χ4n) is 3.21. The van der Waals surface area contributed by atoms with E-state index in [1.165, 1.54) is 0 Å². The zero-order valence-corrected chi connectivity index (χ0v) is 11.8. The second-order valence-corrected chi connectivity index (χ2v) is 5.78. The maximum absolute atomic E-state index is 12.1. The van der Waals surface area contributed by atoms with Gasteiger partial charge in [-0.05, 0) is 43.3 Å². The van der Waals surface area contributed by atoms with Crippen LogP contribution in [0.3, 0.4) is 0 Å². The number of amides is 1. The van der Waals surface area contributed by atoms with E-state index in [4.69, 9.17) is 4.74 Å². The molecule has 1 amide bonds. The lowest BCUT2D eigenvalue weighted by atomic mass is 9.92. The highest BCUT2D eigenvalue weighted by Crippen LogP contribution is 2.27. The Morgan fingerprint density at radius 2 is 1.80 bits per heavy atom. The lowest BCUT2D eigenvalue weighted by Crippen LogP contribution is -2.33. The summed E-state index contributed by atoms with van der Waals surface area (Å²) in [4.78, 5) is 14.0. The first-order chi connectivity index (χ1) is 9.83. The Kier molecular flexibility index (Phi) is 4.21. The van der Waals surface area contributed by atoms with Gasteiger partial charge in [0.05, 0.1) is 0 Å². The molecule has 0 aromatic heterocycles. The fourth-order valence-corrected chi connectivity index (χ4v) is 3.21. The van der Waals surface area contributed by atoms with Gasteiger partial charge < -0.3 is 15.0 Å². The van der Waals surface area contributed by atoms with Gasteiger partial charge in [0.25, 0.3) is 0 Å². The van der Waals surface area contributed by atoms with Crippen LogP contribution in [-0.2, 0) is 11.3 Å². The van der Waals surface area contributed by atoms with Gasteiger partial charge in [0, 0.05) is 13.1 Å². The number of fused-ring (bicyclic) bond motifs is 1. The minimum absolute atomic E-state index is 0.165. The normalized spacial score (nSPS) is 25.9. The van der Waals surface area contributed by atoms with Crippen molar-refractivity contribution >= 4 is 6.09 Å². The van der Waals surface area contributed by atoms with Crippen LogP contribution in [0, 0.1) is 11.8 Å². The summed E-state index contributed by atoms with van der Waals surface area (Å²) >= 11 is 0. The van der Waals surface area contributed by atoms with Crippen LogP contribution >= 0.6 is 0 Å². The second-order valence-electron chi connectivity index (χ2n) is 5.78. The van der Waals surface area contributed by atoms with Gasteiger partial charge in [0.15, 0.2) is 0 Å². The Morgan fingerprint density at radius 1 is 1.15 bits per heavy atom. The molecule has 2 atom stereocenters. The highest BCUT2D eigenvalue weighted by molar-refractivity contribution is 5.67. The van der Waals surface area contributed by atoms with Crippen LogP contribution < -0.4 is 5.32 Å². The number of carbonyl (C=O) groups excluding carboxylic acids is 1. The van der Waals surface area contributed by atoms with Crippen LogP contribution in [0.5, 0.6) is 0 Å². The number of nitrogens with one attached hydrogen (secondary N) is 1. The molecule has 0 spiro atoms. The average molecular weight is 274 g/mol. The highest BCUT2D eigenvalue weighted by Gasteiger charge is 2.31. The molecule has 4 heteroatoms. The van der Waals surface area contributed by atoms with Gasteiger partial charge in [-0.1, -0.05) is 30.3 Å². The number of likely N-dealkylation sites (tertiary alicyclic amines) is 1. The van der Waals surface area contributed by atoms with Crippen molar-refractivity contribution in [2.24, 2.45) is 11.8 Å². The Balaban J connectivity index is 1.50. The van der Waals surface area contributed by atoms with E-state index in [0.717, 1.165) is 56.4 Å². The lowest BCUT2D eigenvalue weighted by Gasteiger charge is -2.20. The van der Waals surface area contributed by atoms with Crippen molar-refractivity contribution in [2.75, 3.05) is 26.2 Å². The molecule has 2 aliphatic rings. The topological polar surface area (TPSA) is 41.6 Å². The van der Waals surface area contributed by atoms with Crippen LogP contribution in [0.2, 0.25) is 0 Å². The van der Waals surface area contributed by atoms with Crippen LogP contribution in [0.1, 0.15) is 18.4 Å². The minimum Gasteiger partial charge on any atom is -0.445 e. The third kappa shape index (κ3) is 3.12. The zero-order valence-electron chi connectivity index (χ0n) is 11.8. The molecule has 1 aromatic carbocycles. The third-order valence-electron chi connectivity index (χ3n) is 4.48. The molecule has 0 radical (unpaired) electrons. The molecule has 0 unspecified atom stereocenters. The van der Waals surface area contributed by atoms with E-state index < -0.39 is 0 Å². The summed E-state index contributed by atoms with van der Waals surface area (Å²) in [6.07, 6.45) is 2.03. The second kappa shape index (κ2) is 6.27. The molecule has 2 saturated heterocycles. The number of hydrogen-bond acceptors (Lipinski definition) is 3. The summed E-state index contributed by atoms with van der Waals surface area (Å²) < 4.78 is 5.42. The van der Waals surface area contributed by atoms with E-state index in [0.29, 0.717) is 6.61 Å². The summed E-state index contributed by atoms with van der Waals surface area (Å²) in [6, 6.07) is 9.84. The maximum Gasteiger partial charge on any atom is 0.410 e.